The minimum absolute atomic E-state index is 0.715. The highest BCUT2D eigenvalue weighted by Crippen LogP contribution is 2.02. The Morgan fingerprint density at radius 3 is 3.07 bits per heavy atom. The summed E-state index contributed by atoms with van der Waals surface area (Å²) in [7, 11) is 1.89. The van der Waals surface area contributed by atoms with Crippen LogP contribution in [0, 0.1) is 0 Å². The lowest BCUT2D eigenvalue weighted by Crippen LogP contribution is -2.00. The maximum absolute atomic E-state index is 4.07. The van der Waals surface area contributed by atoms with E-state index < -0.39 is 0 Å². The van der Waals surface area contributed by atoms with Crippen molar-refractivity contribution in [3.05, 3.63) is 36.3 Å². The van der Waals surface area contributed by atoms with Gasteiger partial charge >= 0.3 is 0 Å². The van der Waals surface area contributed by atoms with E-state index in [2.05, 4.69) is 20.6 Å². The molecule has 0 bridgehead atoms. The molecule has 0 aliphatic rings. The fourth-order valence-electron chi connectivity index (χ4n) is 1.15. The topological polar surface area (TPSA) is 55.6 Å². The molecule has 0 aliphatic carbocycles. The van der Waals surface area contributed by atoms with Crippen LogP contribution in [0.2, 0.25) is 0 Å². The minimum Gasteiger partial charge on any atom is -0.364 e. The number of aryl methyl sites for hydroxylation is 1. The molecule has 0 spiro atoms. The summed E-state index contributed by atoms with van der Waals surface area (Å²) >= 11 is 0. The van der Waals surface area contributed by atoms with E-state index in [1.807, 2.05) is 31.6 Å². The van der Waals surface area contributed by atoms with Gasteiger partial charge in [0.15, 0.2) is 0 Å². The third-order valence-electron chi connectivity index (χ3n) is 1.80. The van der Waals surface area contributed by atoms with Crippen LogP contribution >= 0.6 is 0 Å². The van der Waals surface area contributed by atoms with Crippen LogP contribution in [-0.4, -0.2) is 20.0 Å². The third-order valence-corrected chi connectivity index (χ3v) is 1.80. The lowest BCUT2D eigenvalue weighted by molar-refractivity contribution is 0.767. The number of hydrogen-bond donors (Lipinski definition) is 1. The van der Waals surface area contributed by atoms with Crippen molar-refractivity contribution in [3.63, 3.8) is 0 Å². The second-order valence-corrected chi connectivity index (χ2v) is 2.98. The van der Waals surface area contributed by atoms with E-state index in [0.29, 0.717) is 6.54 Å². The lowest BCUT2D eigenvalue weighted by atomic mass is 10.3. The summed E-state index contributed by atoms with van der Waals surface area (Å²) in [6.07, 6.45) is 5.43. The molecule has 0 aromatic carbocycles. The van der Waals surface area contributed by atoms with Gasteiger partial charge in [0, 0.05) is 31.5 Å². The summed E-state index contributed by atoms with van der Waals surface area (Å²) in [5.74, 6) is 0.774. The van der Waals surface area contributed by atoms with E-state index in [9.17, 15) is 0 Å². The molecule has 0 atom stereocenters. The van der Waals surface area contributed by atoms with Crippen LogP contribution in [0.25, 0.3) is 0 Å². The second-order valence-electron chi connectivity index (χ2n) is 2.98. The molecule has 1 N–H and O–H groups in total. The van der Waals surface area contributed by atoms with Crippen molar-refractivity contribution in [2.45, 2.75) is 6.54 Å². The van der Waals surface area contributed by atoms with Crippen molar-refractivity contribution in [2.24, 2.45) is 7.05 Å². The van der Waals surface area contributed by atoms with E-state index >= 15 is 0 Å². The Bertz CT molecular complexity index is 395. The maximum Gasteiger partial charge on any atom is 0.148 e. The van der Waals surface area contributed by atoms with Gasteiger partial charge in [-0.15, -0.1) is 5.10 Å². The van der Waals surface area contributed by atoms with Crippen LogP contribution in [0.3, 0.4) is 0 Å². The van der Waals surface area contributed by atoms with Crippen LogP contribution in [0.5, 0.6) is 0 Å². The largest absolute Gasteiger partial charge is 0.364 e. The molecule has 72 valence electrons. The fourth-order valence-corrected chi connectivity index (χ4v) is 1.15. The minimum atomic E-state index is 0.715. The van der Waals surface area contributed by atoms with Gasteiger partial charge in [-0.05, 0) is 12.1 Å². The molecule has 2 heterocycles. The van der Waals surface area contributed by atoms with Gasteiger partial charge in [-0.2, -0.15) is 10.2 Å². The highest BCUT2D eigenvalue weighted by molar-refractivity contribution is 5.32. The molecular formula is C9H11N5. The van der Waals surface area contributed by atoms with Gasteiger partial charge < -0.3 is 5.32 Å². The summed E-state index contributed by atoms with van der Waals surface area (Å²) in [4.78, 5) is 0. The molecule has 14 heavy (non-hydrogen) atoms. The molecule has 5 nitrogen and oxygen atoms in total. The van der Waals surface area contributed by atoms with Crippen molar-refractivity contribution >= 4 is 5.82 Å². The van der Waals surface area contributed by atoms with Crippen LogP contribution in [0.1, 0.15) is 5.56 Å². The average Bonchev–Trinajstić information content (AvgIpc) is 2.63. The van der Waals surface area contributed by atoms with Crippen LogP contribution in [-0.2, 0) is 13.6 Å². The van der Waals surface area contributed by atoms with E-state index in [0.717, 1.165) is 11.4 Å². The Hall–Kier alpha value is -1.91. The molecule has 0 amide bonds. The molecule has 2 aromatic rings. The van der Waals surface area contributed by atoms with Gasteiger partial charge in [0.2, 0.25) is 0 Å². The molecule has 0 radical (unpaired) electrons. The van der Waals surface area contributed by atoms with Crippen LogP contribution in [0.4, 0.5) is 5.82 Å². The number of rotatable bonds is 3. The lowest BCUT2D eigenvalue weighted by Gasteiger charge is -2.00. The molecule has 0 saturated heterocycles. The van der Waals surface area contributed by atoms with Gasteiger partial charge in [0.25, 0.3) is 0 Å². The van der Waals surface area contributed by atoms with Gasteiger partial charge in [-0.3, -0.25) is 4.68 Å². The van der Waals surface area contributed by atoms with E-state index in [1.54, 1.807) is 10.9 Å². The Morgan fingerprint density at radius 2 is 2.43 bits per heavy atom. The van der Waals surface area contributed by atoms with Crippen LogP contribution < -0.4 is 5.32 Å². The zero-order valence-corrected chi connectivity index (χ0v) is 7.88. The average molecular weight is 189 g/mol. The summed E-state index contributed by atoms with van der Waals surface area (Å²) < 4.78 is 1.77. The van der Waals surface area contributed by atoms with Gasteiger partial charge in [0.1, 0.15) is 5.82 Å². The quantitative estimate of drug-likeness (QED) is 0.776. The van der Waals surface area contributed by atoms with Crippen molar-refractivity contribution in [2.75, 3.05) is 5.32 Å². The number of nitrogens with one attached hydrogen (secondary N) is 1. The second kappa shape index (κ2) is 3.87. The fraction of sp³-hybridized carbons (Fsp3) is 0.222. The van der Waals surface area contributed by atoms with Crippen molar-refractivity contribution in [1.29, 1.82) is 0 Å². The maximum atomic E-state index is 4.07. The number of anilines is 1. The van der Waals surface area contributed by atoms with E-state index in [-0.39, 0.29) is 0 Å². The van der Waals surface area contributed by atoms with Gasteiger partial charge in [-0.1, -0.05) is 0 Å². The summed E-state index contributed by atoms with van der Waals surface area (Å²) in [5, 5.41) is 14.9. The highest BCUT2D eigenvalue weighted by atomic mass is 15.2. The van der Waals surface area contributed by atoms with Crippen molar-refractivity contribution < 1.29 is 0 Å². The monoisotopic (exact) mass is 189 g/mol. The Balaban J connectivity index is 1.95. The van der Waals surface area contributed by atoms with Crippen molar-refractivity contribution in [3.8, 4) is 0 Å². The molecule has 0 fully saturated rings. The first kappa shape index (κ1) is 8.68. The molecular weight excluding hydrogens is 178 g/mol. The standard InChI is InChI=1S/C9H11N5/c1-14-7-8(6-12-14)5-10-9-3-2-4-11-13-9/h2-4,6-7H,5H2,1H3,(H,10,13). The Kier molecular flexibility index (Phi) is 2.40. The summed E-state index contributed by atoms with van der Waals surface area (Å²) in [6, 6.07) is 3.72. The summed E-state index contributed by atoms with van der Waals surface area (Å²) in [6.45, 7) is 0.715. The first-order valence-electron chi connectivity index (χ1n) is 4.34. The zero-order valence-electron chi connectivity index (χ0n) is 7.88. The van der Waals surface area contributed by atoms with Gasteiger partial charge in [-0.25, -0.2) is 0 Å². The molecule has 2 rings (SSSR count). The van der Waals surface area contributed by atoms with E-state index in [1.165, 1.54) is 0 Å². The van der Waals surface area contributed by atoms with E-state index in [4.69, 9.17) is 0 Å². The smallest absolute Gasteiger partial charge is 0.148 e. The number of hydrogen-bond acceptors (Lipinski definition) is 4. The SMILES string of the molecule is Cn1cc(CNc2cccnn2)cn1. The normalized spacial score (nSPS) is 10.1. The predicted octanol–water partition coefficient (Wildman–Crippen LogP) is 0.822. The highest BCUT2D eigenvalue weighted by Gasteiger charge is 1.96. The molecule has 5 heteroatoms. The summed E-state index contributed by atoms with van der Waals surface area (Å²) in [5.41, 5.74) is 1.12. The van der Waals surface area contributed by atoms with Crippen molar-refractivity contribution in [1.82, 2.24) is 20.0 Å². The Morgan fingerprint density at radius 1 is 1.50 bits per heavy atom. The molecule has 0 unspecified atom stereocenters. The molecule has 0 aliphatic heterocycles. The molecule has 2 aromatic heterocycles. The Labute approximate surface area is 81.8 Å². The molecule has 0 saturated carbocycles. The van der Waals surface area contributed by atoms with Gasteiger partial charge in [0.05, 0.1) is 6.20 Å². The third kappa shape index (κ3) is 2.07. The zero-order chi connectivity index (χ0) is 9.80. The predicted molar refractivity (Wildman–Crippen MR) is 52.6 cm³/mol. The first-order valence-corrected chi connectivity index (χ1v) is 4.34. The first-order chi connectivity index (χ1) is 6.84. The van der Waals surface area contributed by atoms with Crippen LogP contribution in [0.15, 0.2) is 30.7 Å². The number of nitrogens with zero attached hydrogens (tertiary/aromatic N) is 4. The number of aromatic nitrogens is 4.